The summed E-state index contributed by atoms with van der Waals surface area (Å²) in [6, 6.07) is 0. The number of hydrogen-bond acceptors (Lipinski definition) is 3. The Bertz CT molecular complexity index is 588. The fraction of sp³-hybridized carbons (Fsp3) is 0.958. The molecule has 4 bridgehead atoms. The molecule has 5 aliphatic rings. The highest BCUT2D eigenvalue weighted by atomic mass is 16.6. The Morgan fingerprint density at radius 2 is 1.81 bits per heavy atom. The first-order valence-corrected chi connectivity index (χ1v) is 12.0. The number of rotatable bonds is 6. The maximum atomic E-state index is 13.0. The third-order valence-electron chi connectivity index (χ3n) is 9.55. The second kappa shape index (κ2) is 6.75. The van der Waals surface area contributed by atoms with Crippen LogP contribution in [0.4, 0.5) is 0 Å². The van der Waals surface area contributed by atoms with Gasteiger partial charge in [-0.15, -0.1) is 0 Å². The normalized spacial score (nSPS) is 52.5. The van der Waals surface area contributed by atoms with Crippen molar-refractivity contribution >= 4 is 5.97 Å². The lowest BCUT2D eigenvalue weighted by Crippen LogP contribution is -2.41. The van der Waals surface area contributed by atoms with Gasteiger partial charge in [-0.2, -0.15) is 0 Å². The Balaban J connectivity index is 1.24. The molecule has 10 atom stereocenters. The van der Waals surface area contributed by atoms with E-state index in [0.29, 0.717) is 42.3 Å². The number of carbonyl (C=O) groups excluding carboxylic acids is 1. The quantitative estimate of drug-likeness (QED) is 0.587. The van der Waals surface area contributed by atoms with Crippen LogP contribution in [0.2, 0.25) is 0 Å². The maximum Gasteiger partial charge on any atom is 0.306 e. The van der Waals surface area contributed by atoms with Gasteiger partial charge in [0.15, 0.2) is 0 Å². The van der Waals surface area contributed by atoms with Crippen LogP contribution in [0.1, 0.15) is 85.0 Å². The molecule has 1 saturated heterocycles. The highest BCUT2D eigenvalue weighted by Gasteiger charge is 2.61. The Kier molecular flexibility index (Phi) is 4.61. The number of fused-ring (bicyclic) bond motifs is 7. The van der Waals surface area contributed by atoms with E-state index in [1.54, 1.807) is 0 Å². The number of ether oxygens (including phenoxy) is 2. The lowest BCUT2D eigenvalue weighted by Gasteiger charge is -2.38. The molecule has 3 nitrogen and oxygen atoms in total. The van der Waals surface area contributed by atoms with Crippen LogP contribution in [-0.2, 0) is 14.3 Å². The molecule has 0 amide bonds. The monoisotopic (exact) mass is 374 g/mol. The van der Waals surface area contributed by atoms with Gasteiger partial charge in [0, 0.05) is 6.42 Å². The molecule has 10 unspecified atom stereocenters. The topological polar surface area (TPSA) is 35.5 Å². The van der Waals surface area contributed by atoms with E-state index in [-0.39, 0.29) is 11.6 Å². The standard InChI is InChI=1S/C24H38O3/c1-4-19-22-16-10-15(18(11-16)23(22)20(5-2)26-19)12-21(25)27-24(6-3)13-14-7-8-17(24)9-14/h14-20,22-23H,4-13H2,1-3H3. The van der Waals surface area contributed by atoms with Crippen molar-refractivity contribution in [1.29, 1.82) is 0 Å². The molecule has 0 aromatic heterocycles. The van der Waals surface area contributed by atoms with E-state index in [4.69, 9.17) is 9.47 Å². The third kappa shape index (κ3) is 2.74. The van der Waals surface area contributed by atoms with Gasteiger partial charge in [-0.05, 0) is 99.2 Å². The number of carbonyl (C=O) groups is 1. The van der Waals surface area contributed by atoms with Gasteiger partial charge in [0.1, 0.15) is 5.60 Å². The van der Waals surface area contributed by atoms with Crippen molar-refractivity contribution in [3.8, 4) is 0 Å². The summed E-state index contributed by atoms with van der Waals surface area (Å²) in [6.07, 6.45) is 12.5. The van der Waals surface area contributed by atoms with E-state index in [1.807, 2.05) is 0 Å². The highest BCUT2D eigenvalue weighted by molar-refractivity contribution is 5.70. The van der Waals surface area contributed by atoms with E-state index < -0.39 is 0 Å². The van der Waals surface area contributed by atoms with Crippen LogP contribution in [0.5, 0.6) is 0 Å². The fourth-order valence-corrected chi connectivity index (χ4v) is 8.55. The number of esters is 1. The zero-order chi connectivity index (χ0) is 18.8. The summed E-state index contributed by atoms with van der Waals surface area (Å²) < 4.78 is 12.7. The molecule has 4 aliphatic carbocycles. The molecule has 5 fully saturated rings. The van der Waals surface area contributed by atoms with Crippen molar-refractivity contribution in [1.82, 2.24) is 0 Å². The number of hydrogen-bond donors (Lipinski definition) is 0. The Labute approximate surface area is 164 Å². The fourth-order valence-electron chi connectivity index (χ4n) is 8.55. The highest BCUT2D eigenvalue weighted by Crippen LogP contribution is 2.63. The summed E-state index contributed by atoms with van der Waals surface area (Å²) in [5, 5.41) is 0. The smallest absolute Gasteiger partial charge is 0.306 e. The summed E-state index contributed by atoms with van der Waals surface area (Å²) in [5.74, 6) is 5.08. The van der Waals surface area contributed by atoms with E-state index in [2.05, 4.69) is 20.8 Å². The van der Waals surface area contributed by atoms with Crippen LogP contribution >= 0.6 is 0 Å². The van der Waals surface area contributed by atoms with Crippen molar-refractivity contribution in [2.45, 2.75) is 103 Å². The van der Waals surface area contributed by atoms with Gasteiger partial charge >= 0.3 is 5.97 Å². The van der Waals surface area contributed by atoms with Gasteiger partial charge in [-0.25, -0.2) is 0 Å². The first kappa shape index (κ1) is 18.5. The predicted molar refractivity (Wildman–Crippen MR) is 105 cm³/mol. The summed E-state index contributed by atoms with van der Waals surface area (Å²) in [5.41, 5.74) is -0.115. The second-order valence-corrected chi connectivity index (χ2v) is 10.5. The van der Waals surface area contributed by atoms with Crippen molar-refractivity contribution in [2.75, 3.05) is 0 Å². The molecule has 3 heteroatoms. The molecule has 0 radical (unpaired) electrons. The molecule has 1 heterocycles. The summed E-state index contributed by atoms with van der Waals surface area (Å²) in [4.78, 5) is 13.0. The third-order valence-corrected chi connectivity index (χ3v) is 9.55. The van der Waals surface area contributed by atoms with Crippen molar-refractivity contribution in [2.24, 2.45) is 41.4 Å². The van der Waals surface area contributed by atoms with Gasteiger partial charge in [-0.3, -0.25) is 4.79 Å². The molecular formula is C24H38O3. The largest absolute Gasteiger partial charge is 0.459 e. The minimum Gasteiger partial charge on any atom is -0.459 e. The summed E-state index contributed by atoms with van der Waals surface area (Å²) in [6.45, 7) is 6.78. The molecular weight excluding hydrogens is 336 g/mol. The average Bonchev–Trinajstić information content (AvgIpc) is 3.44. The van der Waals surface area contributed by atoms with Crippen molar-refractivity contribution < 1.29 is 14.3 Å². The maximum absolute atomic E-state index is 13.0. The lowest BCUT2D eigenvalue weighted by atomic mass is 9.70. The predicted octanol–water partition coefficient (Wildman–Crippen LogP) is 5.36. The van der Waals surface area contributed by atoms with Gasteiger partial charge in [0.05, 0.1) is 12.2 Å². The molecule has 27 heavy (non-hydrogen) atoms. The van der Waals surface area contributed by atoms with Crippen LogP contribution < -0.4 is 0 Å². The lowest BCUT2D eigenvalue weighted by molar-refractivity contribution is -0.168. The SMILES string of the molecule is CCC1OC(CC)C2C3CC(CC3CC(=O)OC3(CC)CC4CCC3C4)C12. The Morgan fingerprint density at radius 3 is 2.44 bits per heavy atom. The van der Waals surface area contributed by atoms with Gasteiger partial charge < -0.3 is 9.47 Å². The average molecular weight is 375 g/mol. The van der Waals surface area contributed by atoms with Crippen molar-refractivity contribution in [3.05, 3.63) is 0 Å². The first-order valence-electron chi connectivity index (χ1n) is 12.0. The van der Waals surface area contributed by atoms with Crippen LogP contribution in [0.25, 0.3) is 0 Å². The van der Waals surface area contributed by atoms with E-state index >= 15 is 0 Å². The first-order chi connectivity index (χ1) is 13.1. The minimum atomic E-state index is -0.115. The van der Waals surface area contributed by atoms with Gasteiger partial charge in [0.25, 0.3) is 0 Å². The molecule has 152 valence electrons. The summed E-state index contributed by atoms with van der Waals surface area (Å²) in [7, 11) is 0. The van der Waals surface area contributed by atoms with Crippen LogP contribution in [0, 0.1) is 41.4 Å². The Hall–Kier alpha value is -0.570. The molecule has 0 N–H and O–H groups in total. The molecule has 5 rings (SSSR count). The van der Waals surface area contributed by atoms with E-state index in [1.165, 1.54) is 32.1 Å². The van der Waals surface area contributed by atoms with E-state index in [0.717, 1.165) is 43.4 Å². The van der Waals surface area contributed by atoms with Crippen LogP contribution in [-0.4, -0.2) is 23.8 Å². The molecule has 1 aliphatic heterocycles. The molecule has 0 aromatic carbocycles. The van der Waals surface area contributed by atoms with Crippen molar-refractivity contribution in [3.63, 3.8) is 0 Å². The van der Waals surface area contributed by atoms with Crippen LogP contribution in [0.3, 0.4) is 0 Å². The zero-order valence-corrected chi connectivity index (χ0v) is 17.5. The molecule has 0 aromatic rings. The minimum absolute atomic E-state index is 0.109. The Morgan fingerprint density at radius 1 is 1.04 bits per heavy atom. The molecule has 4 saturated carbocycles. The second-order valence-electron chi connectivity index (χ2n) is 10.5. The van der Waals surface area contributed by atoms with Crippen LogP contribution in [0.15, 0.2) is 0 Å². The van der Waals surface area contributed by atoms with Gasteiger partial charge in [0.2, 0.25) is 0 Å². The zero-order valence-electron chi connectivity index (χ0n) is 17.5. The summed E-state index contributed by atoms with van der Waals surface area (Å²) >= 11 is 0. The molecule has 0 spiro atoms. The van der Waals surface area contributed by atoms with Gasteiger partial charge in [-0.1, -0.05) is 20.8 Å². The van der Waals surface area contributed by atoms with E-state index in [9.17, 15) is 4.79 Å².